The van der Waals surface area contributed by atoms with Gasteiger partial charge in [0.15, 0.2) is 6.29 Å². The lowest BCUT2D eigenvalue weighted by molar-refractivity contribution is 0.111. The molecular formula is C11H9FN2O2. The topological polar surface area (TPSA) is 55.0 Å². The van der Waals surface area contributed by atoms with Gasteiger partial charge in [-0.25, -0.2) is 9.37 Å². The van der Waals surface area contributed by atoms with Crippen LogP contribution in [0.1, 0.15) is 10.5 Å². The van der Waals surface area contributed by atoms with Crippen LogP contribution in [0.5, 0.6) is 5.75 Å². The van der Waals surface area contributed by atoms with E-state index in [1.54, 1.807) is 6.07 Å². The van der Waals surface area contributed by atoms with Crippen LogP contribution in [0.4, 0.5) is 4.39 Å². The lowest BCUT2D eigenvalue weighted by Gasteiger charge is -2.02. The first kappa shape index (κ1) is 10.4. The van der Waals surface area contributed by atoms with Gasteiger partial charge in [0.25, 0.3) is 0 Å². The zero-order valence-electron chi connectivity index (χ0n) is 8.53. The molecule has 0 atom stereocenters. The Bertz CT molecular complexity index is 522. The van der Waals surface area contributed by atoms with Crippen molar-refractivity contribution in [3.63, 3.8) is 0 Å². The summed E-state index contributed by atoms with van der Waals surface area (Å²) in [5.41, 5.74) is 0.878. The third kappa shape index (κ3) is 1.93. The van der Waals surface area contributed by atoms with Gasteiger partial charge in [-0.05, 0) is 12.1 Å². The number of aromatic nitrogens is 2. The minimum Gasteiger partial charge on any atom is -0.497 e. The van der Waals surface area contributed by atoms with E-state index < -0.39 is 5.82 Å². The quantitative estimate of drug-likeness (QED) is 0.805. The highest BCUT2D eigenvalue weighted by Crippen LogP contribution is 2.23. The molecule has 0 spiro atoms. The molecule has 1 heterocycles. The number of benzene rings is 1. The molecule has 2 aromatic rings. The number of hydrogen-bond acceptors (Lipinski definition) is 3. The number of aldehydes is 1. The van der Waals surface area contributed by atoms with E-state index in [2.05, 4.69) is 9.97 Å². The molecule has 4 nitrogen and oxygen atoms in total. The summed E-state index contributed by atoms with van der Waals surface area (Å²) in [7, 11) is 1.46. The number of methoxy groups -OCH3 is 1. The second-order valence-electron chi connectivity index (χ2n) is 3.18. The van der Waals surface area contributed by atoms with E-state index in [9.17, 15) is 9.18 Å². The Labute approximate surface area is 91.1 Å². The first-order chi connectivity index (χ1) is 7.72. The summed E-state index contributed by atoms with van der Waals surface area (Å²) in [6, 6.07) is 4.22. The van der Waals surface area contributed by atoms with Gasteiger partial charge in [-0.2, -0.15) is 0 Å². The normalized spacial score (nSPS) is 10.1. The van der Waals surface area contributed by atoms with Crippen LogP contribution in [0.2, 0.25) is 0 Å². The van der Waals surface area contributed by atoms with Crippen molar-refractivity contribution < 1.29 is 13.9 Å². The number of rotatable bonds is 3. The summed E-state index contributed by atoms with van der Waals surface area (Å²) in [4.78, 5) is 17.2. The highest BCUT2D eigenvalue weighted by atomic mass is 19.1. The van der Waals surface area contributed by atoms with Gasteiger partial charge >= 0.3 is 0 Å². The molecule has 0 radical (unpaired) electrons. The van der Waals surface area contributed by atoms with Crippen molar-refractivity contribution >= 4 is 6.29 Å². The zero-order chi connectivity index (χ0) is 11.5. The van der Waals surface area contributed by atoms with Gasteiger partial charge in [-0.15, -0.1) is 0 Å². The van der Waals surface area contributed by atoms with Gasteiger partial charge in [0, 0.05) is 11.6 Å². The SMILES string of the molecule is COc1cc(F)cc(-c2ncc(C=O)[nH]2)c1. The fourth-order valence-corrected chi connectivity index (χ4v) is 1.36. The average molecular weight is 220 g/mol. The van der Waals surface area contributed by atoms with Gasteiger partial charge in [-0.1, -0.05) is 0 Å². The number of carbonyl (C=O) groups excluding carboxylic acids is 1. The number of aromatic amines is 1. The second-order valence-corrected chi connectivity index (χ2v) is 3.18. The number of hydrogen-bond donors (Lipinski definition) is 1. The molecule has 5 heteroatoms. The Hall–Kier alpha value is -2.17. The summed E-state index contributed by atoms with van der Waals surface area (Å²) in [5.74, 6) is 0.414. The molecule has 0 bridgehead atoms. The lowest BCUT2D eigenvalue weighted by atomic mass is 10.2. The number of carbonyl (C=O) groups is 1. The van der Waals surface area contributed by atoms with Crippen molar-refractivity contribution in [2.24, 2.45) is 0 Å². The van der Waals surface area contributed by atoms with Gasteiger partial charge in [0.2, 0.25) is 0 Å². The van der Waals surface area contributed by atoms with Gasteiger partial charge < -0.3 is 9.72 Å². The Morgan fingerprint density at radius 3 is 2.88 bits per heavy atom. The molecule has 1 aromatic carbocycles. The maximum absolute atomic E-state index is 13.2. The molecule has 0 aliphatic carbocycles. The lowest BCUT2D eigenvalue weighted by Crippen LogP contribution is -1.88. The molecule has 0 saturated heterocycles. The van der Waals surface area contributed by atoms with E-state index in [0.29, 0.717) is 29.1 Å². The summed E-state index contributed by atoms with van der Waals surface area (Å²) in [6.45, 7) is 0. The first-order valence-corrected chi connectivity index (χ1v) is 4.58. The summed E-state index contributed by atoms with van der Waals surface area (Å²) in [5, 5.41) is 0. The van der Waals surface area contributed by atoms with E-state index in [0.717, 1.165) is 0 Å². The molecule has 0 aliphatic heterocycles. The number of nitrogens with zero attached hydrogens (tertiary/aromatic N) is 1. The van der Waals surface area contributed by atoms with Gasteiger partial charge in [-0.3, -0.25) is 4.79 Å². The Balaban J connectivity index is 2.46. The second kappa shape index (κ2) is 4.14. The monoisotopic (exact) mass is 220 g/mol. The number of nitrogens with one attached hydrogen (secondary N) is 1. The van der Waals surface area contributed by atoms with Crippen LogP contribution in [0.3, 0.4) is 0 Å². The predicted octanol–water partition coefficient (Wildman–Crippen LogP) is 2.04. The van der Waals surface area contributed by atoms with E-state index in [1.165, 1.54) is 25.4 Å². The maximum atomic E-state index is 13.2. The van der Waals surface area contributed by atoms with E-state index in [4.69, 9.17) is 4.74 Å². The van der Waals surface area contributed by atoms with Gasteiger partial charge in [0.05, 0.1) is 19.0 Å². The van der Waals surface area contributed by atoms with Crippen molar-refractivity contribution in [2.45, 2.75) is 0 Å². The van der Waals surface area contributed by atoms with Crippen LogP contribution in [0.15, 0.2) is 24.4 Å². The molecule has 0 amide bonds. The van der Waals surface area contributed by atoms with Crippen LogP contribution >= 0.6 is 0 Å². The molecule has 16 heavy (non-hydrogen) atoms. The van der Waals surface area contributed by atoms with Crippen molar-refractivity contribution in [3.8, 4) is 17.1 Å². The molecule has 0 aliphatic rings. The standard InChI is InChI=1S/C11H9FN2O2/c1-16-10-3-7(2-8(12)4-10)11-13-5-9(6-15)14-11/h2-6H,1H3,(H,13,14). The van der Waals surface area contributed by atoms with Crippen LogP contribution in [-0.2, 0) is 0 Å². The average Bonchev–Trinajstić information content (AvgIpc) is 2.76. The summed E-state index contributed by atoms with van der Waals surface area (Å²) >= 11 is 0. The number of H-pyrrole nitrogens is 1. The van der Waals surface area contributed by atoms with Crippen molar-refractivity contribution in [3.05, 3.63) is 35.9 Å². The summed E-state index contributed by atoms with van der Waals surface area (Å²) < 4.78 is 18.1. The fraction of sp³-hybridized carbons (Fsp3) is 0.0909. The minimum atomic E-state index is -0.418. The van der Waals surface area contributed by atoms with Crippen molar-refractivity contribution in [2.75, 3.05) is 7.11 Å². The number of imidazole rings is 1. The van der Waals surface area contributed by atoms with E-state index >= 15 is 0 Å². The Kier molecular flexibility index (Phi) is 2.68. The van der Waals surface area contributed by atoms with Crippen LogP contribution in [0, 0.1) is 5.82 Å². The first-order valence-electron chi connectivity index (χ1n) is 4.58. The molecule has 1 aromatic heterocycles. The Morgan fingerprint density at radius 1 is 1.44 bits per heavy atom. The van der Waals surface area contributed by atoms with E-state index in [-0.39, 0.29) is 0 Å². The maximum Gasteiger partial charge on any atom is 0.167 e. The smallest absolute Gasteiger partial charge is 0.167 e. The van der Waals surface area contributed by atoms with Crippen molar-refractivity contribution in [1.82, 2.24) is 9.97 Å². The zero-order valence-corrected chi connectivity index (χ0v) is 8.53. The predicted molar refractivity (Wildman–Crippen MR) is 55.9 cm³/mol. The van der Waals surface area contributed by atoms with Crippen LogP contribution in [0.25, 0.3) is 11.4 Å². The van der Waals surface area contributed by atoms with Crippen LogP contribution < -0.4 is 4.74 Å². The number of ether oxygens (including phenoxy) is 1. The molecule has 1 N–H and O–H groups in total. The molecule has 2 rings (SSSR count). The highest BCUT2D eigenvalue weighted by molar-refractivity contribution is 5.73. The molecule has 0 fully saturated rings. The number of halogens is 1. The summed E-state index contributed by atoms with van der Waals surface area (Å²) in [6.07, 6.45) is 2.03. The molecule has 82 valence electrons. The molecule has 0 saturated carbocycles. The van der Waals surface area contributed by atoms with Crippen LogP contribution in [-0.4, -0.2) is 23.4 Å². The largest absolute Gasteiger partial charge is 0.497 e. The molecular weight excluding hydrogens is 211 g/mol. The highest BCUT2D eigenvalue weighted by Gasteiger charge is 2.06. The van der Waals surface area contributed by atoms with E-state index in [1.807, 2.05) is 0 Å². The third-order valence-electron chi connectivity index (χ3n) is 2.10. The van der Waals surface area contributed by atoms with Crippen molar-refractivity contribution in [1.29, 1.82) is 0 Å². The fourth-order valence-electron chi connectivity index (χ4n) is 1.36. The third-order valence-corrected chi connectivity index (χ3v) is 2.10. The minimum absolute atomic E-state index is 0.346. The molecule has 0 unspecified atom stereocenters. The Morgan fingerprint density at radius 2 is 2.25 bits per heavy atom. The van der Waals surface area contributed by atoms with Gasteiger partial charge in [0.1, 0.15) is 17.4 Å².